The van der Waals surface area contributed by atoms with Crippen molar-refractivity contribution in [2.75, 3.05) is 18.8 Å². The van der Waals surface area contributed by atoms with Crippen molar-refractivity contribution < 1.29 is 8.42 Å². The number of nitrogens with one attached hydrogen (secondary N) is 1. The van der Waals surface area contributed by atoms with Gasteiger partial charge in [-0.2, -0.15) is 0 Å². The molecule has 0 aromatic carbocycles. The number of anilines is 1. The lowest BCUT2D eigenvalue weighted by Crippen LogP contribution is -2.45. The molecule has 1 aliphatic heterocycles. The first-order valence-corrected chi connectivity index (χ1v) is 7.05. The van der Waals surface area contributed by atoms with Gasteiger partial charge in [-0.15, -0.1) is 4.83 Å². The summed E-state index contributed by atoms with van der Waals surface area (Å²) in [5.74, 6) is 0. The summed E-state index contributed by atoms with van der Waals surface area (Å²) in [6.07, 6.45) is 5.89. The molecule has 0 unspecified atom stereocenters. The molecule has 1 aliphatic rings. The van der Waals surface area contributed by atoms with Crippen molar-refractivity contribution in [1.82, 2.24) is 14.8 Å². The number of pyridine rings is 1. The first kappa shape index (κ1) is 12.3. The number of nitrogens with zero attached hydrogens (tertiary/aromatic N) is 2. The van der Waals surface area contributed by atoms with Gasteiger partial charge in [0.05, 0.1) is 5.69 Å². The summed E-state index contributed by atoms with van der Waals surface area (Å²) in [6.45, 7) is 1.47. The molecular weight excluding hydrogens is 240 g/mol. The minimum Gasteiger partial charge on any atom is -0.398 e. The molecule has 17 heavy (non-hydrogen) atoms. The Morgan fingerprint density at radius 1 is 1.29 bits per heavy atom. The van der Waals surface area contributed by atoms with Gasteiger partial charge in [-0.05, 0) is 18.9 Å². The molecule has 1 aromatic heterocycles. The minimum absolute atomic E-state index is 0.0329. The fraction of sp³-hybridized carbons (Fsp3) is 0.500. The van der Waals surface area contributed by atoms with Crippen LogP contribution < -0.4 is 10.6 Å². The van der Waals surface area contributed by atoms with Crippen LogP contribution in [-0.2, 0) is 10.0 Å². The number of hydrogen-bond donors (Lipinski definition) is 2. The second-order valence-electron chi connectivity index (χ2n) is 4.06. The van der Waals surface area contributed by atoms with Gasteiger partial charge < -0.3 is 5.73 Å². The van der Waals surface area contributed by atoms with E-state index in [4.69, 9.17) is 5.73 Å². The van der Waals surface area contributed by atoms with Crippen LogP contribution in [0, 0.1) is 0 Å². The Hall–Kier alpha value is -1.18. The number of piperidine rings is 1. The zero-order valence-electron chi connectivity index (χ0n) is 9.46. The molecule has 1 saturated heterocycles. The number of hydrogen-bond acceptors (Lipinski definition) is 5. The van der Waals surface area contributed by atoms with Crippen molar-refractivity contribution in [2.45, 2.75) is 24.2 Å². The molecule has 0 radical (unpaired) electrons. The highest BCUT2D eigenvalue weighted by Gasteiger charge is 2.21. The molecule has 7 heteroatoms. The summed E-state index contributed by atoms with van der Waals surface area (Å²) >= 11 is 0. The van der Waals surface area contributed by atoms with Crippen LogP contribution in [0.1, 0.15) is 19.3 Å². The lowest BCUT2D eigenvalue weighted by Gasteiger charge is -2.26. The molecule has 0 spiro atoms. The third kappa shape index (κ3) is 2.93. The van der Waals surface area contributed by atoms with Gasteiger partial charge in [0.15, 0.2) is 0 Å². The Balaban J connectivity index is 2.16. The van der Waals surface area contributed by atoms with E-state index in [1.807, 2.05) is 0 Å². The summed E-state index contributed by atoms with van der Waals surface area (Å²) in [5, 5.41) is 1.71. The Bertz CT molecular complexity index is 483. The van der Waals surface area contributed by atoms with Gasteiger partial charge in [0, 0.05) is 25.5 Å². The maximum Gasteiger partial charge on any atom is 0.257 e. The van der Waals surface area contributed by atoms with E-state index in [-0.39, 0.29) is 10.6 Å². The molecule has 1 fully saturated rings. The van der Waals surface area contributed by atoms with Crippen molar-refractivity contribution in [3.05, 3.63) is 18.5 Å². The summed E-state index contributed by atoms with van der Waals surface area (Å²) < 4.78 is 24.1. The fourth-order valence-electron chi connectivity index (χ4n) is 1.82. The molecule has 0 bridgehead atoms. The number of sulfonamides is 1. The molecule has 2 rings (SSSR count). The van der Waals surface area contributed by atoms with E-state index in [9.17, 15) is 8.42 Å². The quantitative estimate of drug-likeness (QED) is 0.814. The maximum absolute atomic E-state index is 12.0. The van der Waals surface area contributed by atoms with Crippen LogP contribution >= 0.6 is 0 Å². The van der Waals surface area contributed by atoms with Crippen molar-refractivity contribution in [2.24, 2.45) is 0 Å². The van der Waals surface area contributed by atoms with E-state index in [1.165, 1.54) is 18.5 Å². The zero-order chi connectivity index (χ0) is 12.3. The lowest BCUT2D eigenvalue weighted by molar-refractivity contribution is 0.200. The molecule has 2 heterocycles. The second kappa shape index (κ2) is 4.99. The van der Waals surface area contributed by atoms with Crippen LogP contribution in [-0.4, -0.2) is 31.5 Å². The van der Waals surface area contributed by atoms with Crippen LogP contribution in [0.5, 0.6) is 0 Å². The molecule has 94 valence electrons. The van der Waals surface area contributed by atoms with Crippen LogP contribution in [0.15, 0.2) is 23.4 Å². The molecule has 0 atom stereocenters. The van der Waals surface area contributed by atoms with Gasteiger partial charge in [-0.25, -0.2) is 13.4 Å². The monoisotopic (exact) mass is 256 g/mol. The van der Waals surface area contributed by atoms with Crippen LogP contribution in [0.3, 0.4) is 0 Å². The van der Waals surface area contributed by atoms with E-state index < -0.39 is 10.0 Å². The van der Waals surface area contributed by atoms with Crippen molar-refractivity contribution in [3.8, 4) is 0 Å². The van der Waals surface area contributed by atoms with Crippen molar-refractivity contribution in [3.63, 3.8) is 0 Å². The fourth-order valence-corrected chi connectivity index (χ4v) is 3.02. The van der Waals surface area contributed by atoms with E-state index in [0.29, 0.717) is 0 Å². The third-order valence-electron chi connectivity index (χ3n) is 2.71. The number of rotatable bonds is 3. The zero-order valence-corrected chi connectivity index (χ0v) is 10.3. The van der Waals surface area contributed by atoms with E-state index in [2.05, 4.69) is 9.82 Å². The predicted octanol–water partition coefficient (Wildman–Crippen LogP) is 0.343. The largest absolute Gasteiger partial charge is 0.398 e. The standard InChI is InChI=1S/C10H16N4O2S/c11-9-4-5-12-8-10(9)17(15,16)13-14-6-2-1-3-7-14/h4-5,8,13H,1-3,6-7H2,(H2,11,12). The molecular formula is C10H16N4O2S. The van der Waals surface area contributed by atoms with Crippen LogP contribution in [0.4, 0.5) is 5.69 Å². The summed E-state index contributed by atoms with van der Waals surface area (Å²) in [5.41, 5.74) is 5.85. The Labute approximate surface area is 101 Å². The molecule has 0 aliphatic carbocycles. The van der Waals surface area contributed by atoms with Gasteiger partial charge in [0.1, 0.15) is 4.90 Å². The smallest absolute Gasteiger partial charge is 0.257 e. The van der Waals surface area contributed by atoms with Gasteiger partial charge in [-0.1, -0.05) is 6.42 Å². The number of nitrogens with two attached hydrogens (primary N) is 1. The molecule has 0 saturated carbocycles. The lowest BCUT2D eigenvalue weighted by atomic mass is 10.2. The minimum atomic E-state index is -3.60. The molecule has 3 N–H and O–H groups in total. The molecule has 0 amide bonds. The van der Waals surface area contributed by atoms with Crippen LogP contribution in [0.2, 0.25) is 0 Å². The normalized spacial score (nSPS) is 18.1. The van der Waals surface area contributed by atoms with Gasteiger partial charge >= 0.3 is 0 Å². The van der Waals surface area contributed by atoms with Crippen molar-refractivity contribution in [1.29, 1.82) is 0 Å². The predicted molar refractivity (Wildman–Crippen MR) is 64.4 cm³/mol. The molecule has 1 aromatic rings. The highest BCUT2D eigenvalue weighted by molar-refractivity contribution is 7.89. The van der Waals surface area contributed by atoms with E-state index in [1.54, 1.807) is 5.01 Å². The van der Waals surface area contributed by atoms with Crippen molar-refractivity contribution >= 4 is 15.7 Å². The van der Waals surface area contributed by atoms with E-state index in [0.717, 1.165) is 32.4 Å². The topological polar surface area (TPSA) is 88.3 Å². The van der Waals surface area contributed by atoms with E-state index >= 15 is 0 Å². The molecule has 6 nitrogen and oxygen atoms in total. The van der Waals surface area contributed by atoms with Gasteiger partial charge in [0.2, 0.25) is 0 Å². The first-order valence-electron chi connectivity index (χ1n) is 5.56. The number of hydrazine groups is 1. The summed E-state index contributed by atoms with van der Waals surface area (Å²) in [4.78, 5) is 6.36. The highest BCUT2D eigenvalue weighted by atomic mass is 32.2. The third-order valence-corrected chi connectivity index (χ3v) is 4.13. The Kier molecular flexibility index (Phi) is 3.60. The van der Waals surface area contributed by atoms with Gasteiger partial charge in [0.25, 0.3) is 10.0 Å². The first-order chi connectivity index (χ1) is 8.09. The average Bonchev–Trinajstić information content (AvgIpc) is 2.30. The Morgan fingerprint density at radius 3 is 2.65 bits per heavy atom. The second-order valence-corrected chi connectivity index (χ2v) is 5.69. The van der Waals surface area contributed by atoms with Crippen LogP contribution in [0.25, 0.3) is 0 Å². The summed E-state index contributed by atoms with van der Waals surface area (Å²) in [7, 11) is -3.60. The maximum atomic E-state index is 12.0. The number of aromatic nitrogens is 1. The number of nitrogen functional groups attached to an aromatic ring is 1. The SMILES string of the molecule is Nc1ccncc1S(=O)(=O)NN1CCCCC1. The van der Waals surface area contributed by atoms with Gasteiger partial charge in [-0.3, -0.25) is 4.98 Å². The summed E-state index contributed by atoms with van der Waals surface area (Å²) in [6, 6.07) is 1.48. The Morgan fingerprint density at radius 2 is 2.00 bits per heavy atom. The highest BCUT2D eigenvalue weighted by Crippen LogP contribution is 2.16. The average molecular weight is 256 g/mol.